The van der Waals surface area contributed by atoms with E-state index in [1.165, 1.54) is 0 Å². The molecule has 0 aromatic rings. The number of hydrogen-bond donors (Lipinski definition) is 1. The van der Waals surface area contributed by atoms with Crippen molar-refractivity contribution in [2.45, 2.75) is 71.4 Å². The van der Waals surface area contributed by atoms with Gasteiger partial charge in [0.25, 0.3) is 0 Å². The average molecular weight is 254 g/mol. The Bertz CT molecular complexity index is 337. The zero-order valence-corrected chi connectivity index (χ0v) is 12.3. The number of carbonyl (C=O) groups excluding carboxylic acids is 2. The Morgan fingerprint density at radius 2 is 1.61 bits per heavy atom. The van der Waals surface area contributed by atoms with E-state index in [1.54, 1.807) is 0 Å². The number of piperazine rings is 1. The van der Waals surface area contributed by atoms with Crippen LogP contribution in [0.2, 0.25) is 0 Å². The van der Waals surface area contributed by atoms with Gasteiger partial charge in [0.05, 0.1) is 0 Å². The van der Waals surface area contributed by atoms with Gasteiger partial charge in [-0.15, -0.1) is 0 Å². The predicted molar refractivity (Wildman–Crippen MR) is 72.2 cm³/mol. The van der Waals surface area contributed by atoms with Crippen LogP contribution < -0.4 is 5.32 Å². The molecule has 1 saturated heterocycles. The van der Waals surface area contributed by atoms with Crippen molar-refractivity contribution in [3.63, 3.8) is 0 Å². The lowest BCUT2D eigenvalue weighted by atomic mass is 9.81. The Balaban J connectivity index is 3.22. The number of nitrogens with one attached hydrogen (secondary N) is 1. The highest BCUT2D eigenvalue weighted by Gasteiger charge is 2.53. The van der Waals surface area contributed by atoms with Gasteiger partial charge < -0.3 is 10.2 Å². The Morgan fingerprint density at radius 1 is 1.06 bits per heavy atom. The van der Waals surface area contributed by atoms with E-state index in [-0.39, 0.29) is 11.8 Å². The molecule has 1 aliphatic heterocycles. The van der Waals surface area contributed by atoms with E-state index in [1.807, 2.05) is 39.5 Å². The van der Waals surface area contributed by atoms with Crippen LogP contribution in [0.15, 0.2) is 0 Å². The maximum Gasteiger partial charge on any atom is 0.248 e. The van der Waals surface area contributed by atoms with Gasteiger partial charge >= 0.3 is 0 Å². The third-order valence-corrected chi connectivity index (χ3v) is 4.37. The van der Waals surface area contributed by atoms with Crippen molar-refractivity contribution < 1.29 is 9.59 Å². The van der Waals surface area contributed by atoms with Gasteiger partial charge in [0.15, 0.2) is 0 Å². The molecule has 0 spiro atoms. The monoisotopic (exact) mass is 254 g/mol. The standard InChI is InChI=1S/C14H26N2O2/c1-6-10-16-12(18)13(5,7-2)15-11(17)14(16,8-3)9-4/h6-10H2,1-5H3,(H,15,17). The first kappa shape index (κ1) is 15.0. The Morgan fingerprint density at radius 3 is 2.00 bits per heavy atom. The lowest BCUT2D eigenvalue weighted by Crippen LogP contribution is -2.74. The summed E-state index contributed by atoms with van der Waals surface area (Å²) in [4.78, 5) is 27.0. The second-order valence-corrected chi connectivity index (χ2v) is 5.34. The van der Waals surface area contributed by atoms with Gasteiger partial charge in [-0.25, -0.2) is 0 Å². The lowest BCUT2D eigenvalue weighted by Gasteiger charge is -2.51. The van der Waals surface area contributed by atoms with Crippen LogP contribution in [-0.4, -0.2) is 34.3 Å². The molecule has 1 fully saturated rings. The summed E-state index contributed by atoms with van der Waals surface area (Å²) in [5, 5.41) is 2.94. The summed E-state index contributed by atoms with van der Waals surface area (Å²) in [5.74, 6) is 0.0695. The van der Waals surface area contributed by atoms with E-state index in [2.05, 4.69) is 5.32 Å². The molecule has 1 heterocycles. The topological polar surface area (TPSA) is 49.4 Å². The lowest BCUT2D eigenvalue weighted by molar-refractivity contribution is -0.163. The molecule has 2 amide bonds. The van der Waals surface area contributed by atoms with Crippen molar-refractivity contribution in [3.8, 4) is 0 Å². The van der Waals surface area contributed by atoms with Gasteiger partial charge in [0, 0.05) is 6.54 Å². The van der Waals surface area contributed by atoms with Crippen molar-refractivity contribution in [1.29, 1.82) is 0 Å². The summed E-state index contributed by atoms with van der Waals surface area (Å²) in [6.45, 7) is 10.4. The zero-order valence-electron chi connectivity index (χ0n) is 12.3. The first-order chi connectivity index (χ1) is 8.41. The smallest absolute Gasteiger partial charge is 0.248 e. The van der Waals surface area contributed by atoms with E-state index >= 15 is 0 Å². The second kappa shape index (κ2) is 5.29. The van der Waals surface area contributed by atoms with Crippen LogP contribution >= 0.6 is 0 Å². The maximum absolute atomic E-state index is 12.7. The van der Waals surface area contributed by atoms with Crippen LogP contribution in [0.3, 0.4) is 0 Å². The molecule has 0 radical (unpaired) electrons. The molecule has 1 rings (SSSR count). The van der Waals surface area contributed by atoms with Crippen LogP contribution in [0.1, 0.15) is 60.3 Å². The minimum Gasteiger partial charge on any atom is -0.340 e. The summed E-state index contributed by atoms with van der Waals surface area (Å²) in [7, 11) is 0. The molecule has 1 N–H and O–H groups in total. The van der Waals surface area contributed by atoms with Crippen molar-refractivity contribution >= 4 is 11.8 Å². The Labute approximate surface area is 110 Å². The molecular weight excluding hydrogens is 228 g/mol. The number of amides is 2. The maximum atomic E-state index is 12.7. The quantitative estimate of drug-likeness (QED) is 0.816. The van der Waals surface area contributed by atoms with E-state index in [4.69, 9.17) is 0 Å². The molecule has 0 aliphatic carbocycles. The number of rotatable bonds is 5. The molecule has 0 saturated carbocycles. The second-order valence-electron chi connectivity index (χ2n) is 5.34. The summed E-state index contributed by atoms with van der Waals surface area (Å²) < 4.78 is 0. The van der Waals surface area contributed by atoms with Crippen LogP contribution in [-0.2, 0) is 9.59 Å². The fourth-order valence-electron chi connectivity index (χ4n) is 2.77. The third kappa shape index (κ3) is 2.02. The first-order valence-electron chi connectivity index (χ1n) is 7.06. The highest BCUT2D eigenvalue weighted by molar-refractivity contribution is 6.02. The number of nitrogens with zero attached hydrogens (tertiary/aromatic N) is 1. The largest absolute Gasteiger partial charge is 0.340 e. The van der Waals surface area contributed by atoms with Gasteiger partial charge in [-0.05, 0) is 32.6 Å². The fraction of sp³-hybridized carbons (Fsp3) is 0.857. The fourth-order valence-corrected chi connectivity index (χ4v) is 2.77. The van der Waals surface area contributed by atoms with Crippen LogP contribution in [0.4, 0.5) is 0 Å². The molecule has 1 atom stereocenters. The van der Waals surface area contributed by atoms with Crippen molar-refractivity contribution in [2.24, 2.45) is 0 Å². The third-order valence-electron chi connectivity index (χ3n) is 4.37. The number of carbonyl (C=O) groups is 2. The molecule has 1 unspecified atom stereocenters. The van der Waals surface area contributed by atoms with Crippen LogP contribution in [0.25, 0.3) is 0 Å². The van der Waals surface area contributed by atoms with Gasteiger partial charge in [-0.2, -0.15) is 0 Å². The van der Waals surface area contributed by atoms with E-state index in [0.717, 1.165) is 6.42 Å². The summed E-state index contributed by atoms with van der Waals surface area (Å²) in [6, 6.07) is 0. The highest BCUT2D eigenvalue weighted by atomic mass is 16.2. The molecule has 0 aromatic heterocycles. The van der Waals surface area contributed by atoms with E-state index < -0.39 is 11.1 Å². The van der Waals surface area contributed by atoms with Crippen LogP contribution in [0.5, 0.6) is 0 Å². The van der Waals surface area contributed by atoms with Gasteiger partial charge in [0.2, 0.25) is 11.8 Å². The predicted octanol–water partition coefficient (Wildman–Crippen LogP) is 2.08. The van der Waals surface area contributed by atoms with Crippen LogP contribution in [0, 0.1) is 0 Å². The molecule has 18 heavy (non-hydrogen) atoms. The average Bonchev–Trinajstić information content (AvgIpc) is 2.37. The van der Waals surface area contributed by atoms with E-state index in [9.17, 15) is 9.59 Å². The minimum absolute atomic E-state index is 0.00454. The molecule has 0 bridgehead atoms. The highest BCUT2D eigenvalue weighted by Crippen LogP contribution is 2.33. The molecule has 4 nitrogen and oxygen atoms in total. The molecule has 0 aromatic carbocycles. The summed E-state index contributed by atoms with van der Waals surface area (Å²) in [5.41, 5.74) is -1.39. The van der Waals surface area contributed by atoms with Gasteiger partial charge in [-0.1, -0.05) is 27.7 Å². The molecular formula is C14H26N2O2. The summed E-state index contributed by atoms with van der Waals surface area (Å²) >= 11 is 0. The Kier molecular flexibility index (Phi) is 4.41. The molecule has 4 heteroatoms. The van der Waals surface area contributed by atoms with Crippen molar-refractivity contribution in [3.05, 3.63) is 0 Å². The Hall–Kier alpha value is -1.06. The van der Waals surface area contributed by atoms with E-state index in [0.29, 0.717) is 25.8 Å². The first-order valence-corrected chi connectivity index (χ1v) is 7.06. The summed E-state index contributed by atoms with van der Waals surface area (Å²) in [6.07, 6.45) is 2.84. The van der Waals surface area contributed by atoms with Crippen molar-refractivity contribution in [1.82, 2.24) is 10.2 Å². The zero-order chi connectivity index (χ0) is 14.0. The minimum atomic E-state index is -0.736. The number of hydrogen-bond acceptors (Lipinski definition) is 2. The normalized spacial score (nSPS) is 27.3. The molecule has 1 aliphatic rings. The van der Waals surface area contributed by atoms with Crippen molar-refractivity contribution in [2.75, 3.05) is 6.54 Å². The molecule has 104 valence electrons. The SMILES string of the molecule is CCCN1C(=O)C(C)(CC)NC(=O)C1(CC)CC. The van der Waals surface area contributed by atoms with Gasteiger partial charge in [0.1, 0.15) is 11.1 Å². The van der Waals surface area contributed by atoms with Gasteiger partial charge in [-0.3, -0.25) is 9.59 Å².